The first-order chi connectivity index (χ1) is 28.2. The lowest BCUT2D eigenvalue weighted by Gasteiger charge is -2.27. The first-order valence-corrected chi connectivity index (χ1v) is 24.7. The van der Waals surface area contributed by atoms with E-state index in [1.165, 1.54) is 135 Å². The van der Waals surface area contributed by atoms with Gasteiger partial charge in [0, 0.05) is 41.8 Å². The van der Waals surface area contributed by atoms with Crippen LogP contribution in [0.1, 0.15) is 150 Å². The molecule has 59 heavy (non-hydrogen) atoms. The van der Waals surface area contributed by atoms with E-state index in [9.17, 15) is 19.2 Å². The molecule has 4 atom stereocenters. The van der Waals surface area contributed by atoms with Gasteiger partial charge in [-0.15, -0.1) is 0 Å². The van der Waals surface area contributed by atoms with E-state index in [0.29, 0.717) is 25.1 Å². The fraction of sp³-hybridized carbons (Fsp3) is 0.822. The number of rotatable bonds is 17. The largest absolute Gasteiger partial charge is 0.463 e. The number of alkyl halides is 2. The van der Waals surface area contributed by atoms with E-state index >= 15 is 0 Å². The summed E-state index contributed by atoms with van der Waals surface area (Å²) in [7, 11) is 0. The van der Waals surface area contributed by atoms with Crippen molar-refractivity contribution < 1.29 is 23.9 Å². The van der Waals surface area contributed by atoms with E-state index in [1.54, 1.807) is 13.8 Å². The summed E-state index contributed by atoms with van der Waals surface area (Å²) in [5.74, 6) is -0.842. The van der Waals surface area contributed by atoms with Crippen LogP contribution in [0, 0.1) is 0 Å². The molecule has 0 aromatic heterocycles. The second kappa shape index (κ2) is 44.4. The molecule has 2 amide bonds. The molecule has 8 N–H and O–H groups in total. The van der Waals surface area contributed by atoms with Crippen molar-refractivity contribution in [2.24, 2.45) is 22.9 Å². The number of ether oxygens (including phenoxy) is 1. The summed E-state index contributed by atoms with van der Waals surface area (Å²) in [5, 5.41) is 2.32. The van der Waals surface area contributed by atoms with Gasteiger partial charge in [-0.2, -0.15) is 0 Å². The minimum absolute atomic E-state index is 0.0805. The molecule has 348 valence electrons. The van der Waals surface area contributed by atoms with Crippen LogP contribution in [0.3, 0.4) is 0 Å². The first-order valence-electron chi connectivity index (χ1n) is 22.5. The molecule has 3 saturated heterocycles. The highest BCUT2D eigenvalue weighted by atomic mass is 79.9. The van der Waals surface area contributed by atoms with Crippen LogP contribution in [-0.2, 0) is 23.9 Å². The minimum Gasteiger partial charge on any atom is -0.463 e. The Kier molecular flexibility index (Phi) is 46.3. The molecule has 3 rings (SSSR count). The van der Waals surface area contributed by atoms with Crippen LogP contribution in [0.5, 0.6) is 0 Å². The molecule has 0 unspecified atom stereocenters. The van der Waals surface area contributed by atoms with E-state index in [1.807, 2.05) is 6.92 Å². The van der Waals surface area contributed by atoms with Crippen LogP contribution in [-0.4, -0.2) is 126 Å². The Bertz CT molecular complexity index is 1030. The molecule has 3 fully saturated rings. The third kappa shape index (κ3) is 40.2. The summed E-state index contributed by atoms with van der Waals surface area (Å²) in [6, 6.07) is 0.549. The zero-order valence-corrected chi connectivity index (χ0v) is 41.3. The highest BCUT2D eigenvalue weighted by Crippen LogP contribution is 2.16. The van der Waals surface area contributed by atoms with Crippen LogP contribution < -0.4 is 22.9 Å². The van der Waals surface area contributed by atoms with Crippen molar-refractivity contribution in [3.63, 3.8) is 0 Å². The van der Waals surface area contributed by atoms with Gasteiger partial charge in [0.05, 0.1) is 18.7 Å². The third-order valence-electron chi connectivity index (χ3n) is 10.4. The molecule has 3 heterocycles. The second-order valence-electron chi connectivity index (χ2n) is 15.5. The number of esters is 1. The Morgan fingerprint density at radius 1 is 0.627 bits per heavy atom. The van der Waals surface area contributed by atoms with Crippen molar-refractivity contribution >= 4 is 55.4 Å². The van der Waals surface area contributed by atoms with E-state index < -0.39 is 11.9 Å². The number of nitrogens with two attached hydrogens (primary N) is 4. The monoisotopic (exact) mass is 966 g/mol. The van der Waals surface area contributed by atoms with E-state index in [4.69, 9.17) is 17.2 Å². The Hall–Kier alpha value is -1.68. The Balaban J connectivity index is -0.000000657. The number of halogens is 2. The summed E-state index contributed by atoms with van der Waals surface area (Å²) >= 11 is 6.78. The van der Waals surface area contributed by atoms with Gasteiger partial charge in [-0.05, 0) is 138 Å². The number of amides is 2. The number of likely N-dealkylation sites (tertiary alicyclic amines) is 3. The molecule has 12 nitrogen and oxygen atoms in total. The summed E-state index contributed by atoms with van der Waals surface area (Å²) in [5.41, 5.74) is 20.5. The van der Waals surface area contributed by atoms with Gasteiger partial charge in [0.1, 0.15) is 0 Å². The Labute approximate surface area is 378 Å². The molecule has 0 radical (unpaired) electrons. The van der Waals surface area contributed by atoms with Crippen molar-refractivity contribution in [3.05, 3.63) is 25.3 Å². The maximum Gasteiger partial charge on any atom is 0.330 e. The highest BCUT2D eigenvalue weighted by Gasteiger charge is 2.19. The van der Waals surface area contributed by atoms with Crippen LogP contribution in [0.4, 0.5) is 0 Å². The van der Waals surface area contributed by atoms with Gasteiger partial charge >= 0.3 is 5.97 Å². The molecule has 0 bridgehead atoms. The number of unbranched alkanes of at least 4 members (excludes halogenated alkanes) is 3. The normalized spacial score (nSPS) is 18.1. The molecule has 0 saturated carbocycles. The topological polar surface area (TPSA) is 191 Å². The predicted molar refractivity (Wildman–Crippen MR) is 257 cm³/mol. The summed E-state index contributed by atoms with van der Waals surface area (Å²) < 4.78 is 4.43. The van der Waals surface area contributed by atoms with Crippen molar-refractivity contribution in [3.8, 4) is 0 Å². The number of primary amides is 2. The van der Waals surface area contributed by atoms with Gasteiger partial charge in [0.15, 0.2) is 5.78 Å². The molecule has 0 aromatic rings. The lowest BCUT2D eigenvalue weighted by molar-refractivity contribution is -0.137. The van der Waals surface area contributed by atoms with Gasteiger partial charge in [-0.3, -0.25) is 24.2 Å². The zero-order valence-electron chi connectivity index (χ0n) is 38.1. The van der Waals surface area contributed by atoms with Crippen LogP contribution >= 0.6 is 31.9 Å². The molecule has 3 aliphatic heterocycles. The number of carbonyl (C=O) groups is 4. The highest BCUT2D eigenvalue weighted by molar-refractivity contribution is 9.09. The summed E-state index contributed by atoms with van der Waals surface area (Å²) in [6.07, 6.45) is 25.5. The Morgan fingerprint density at radius 3 is 1.27 bits per heavy atom. The molecule has 14 heteroatoms. The second-order valence-corrected chi connectivity index (χ2v) is 17.1. The summed E-state index contributed by atoms with van der Waals surface area (Å²) in [6.45, 7) is 24.6. The van der Waals surface area contributed by atoms with Crippen molar-refractivity contribution in [1.82, 2.24) is 14.7 Å². The molecule has 3 aliphatic rings. The average Bonchev–Trinajstić information content (AvgIpc) is 3.80. The maximum atomic E-state index is 11.1. The Morgan fingerprint density at radius 2 is 1.00 bits per heavy atom. The van der Waals surface area contributed by atoms with Crippen LogP contribution in [0.2, 0.25) is 0 Å². The fourth-order valence-corrected chi connectivity index (χ4v) is 7.06. The lowest BCUT2D eigenvalue weighted by atomic mass is 10.1. The van der Waals surface area contributed by atoms with Gasteiger partial charge in [-0.25, -0.2) is 4.79 Å². The zero-order chi connectivity index (χ0) is 45.3. The number of hydrogen-bond donors (Lipinski definition) is 4. The van der Waals surface area contributed by atoms with Gasteiger partial charge in [0.2, 0.25) is 11.8 Å². The average molecular weight is 968 g/mol. The van der Waals surface area contributed by atoms with Gasteiger partial charge < -0.3 is 32.6 Å². The summed E-state index contributed by atoms with van der Waals surface area (Å²) in [4.78, 5) is 49.1. The van der Waals surface area contributed by atoms with Crippen molar-refractivity contribution in [2.45, 2.75) is 174 Å². The minimum atomic E-state index is -0.509. The van der Waals surface area contributed by atoms with Gasteiger partial charge in [-0.1, -0.05) is 96.4 Å². The lowest BCUT2D eigenvalue weighted by Crippen LogP contribution is -2.43. The number of hydrogen-bond acceptors (Lipinski definition) is 10. The van der Waals surface area contributed by atoms with E-state index in [-0.39, 0.29) is 23.7 Å². The number of carbonyl (C=O) groups excluding carboxylic acids is 4. The standard InChI is InChI=1S/C13H23NO.C9H18N2O.C9H20N2.C6H12Br2.C5H8O2.C3H8N2O/c1-3-13(15)9-8-12(2)14-10-6-4-5-7-11-14;1-8(9(10)12)11-6-4-2-3-5-7-11;1-9(8-10)11-6-4-2-3-5-7-11;7-5-3-1-2-4-6-8;1-3-5(6)7-4-2;1-2(4)3(5)6/h3,12H,1,4-11H2,2H3;8H,2-7H2,1H3,(H2,10,12);9H,2-8,10H2,1H3;1-6H2;3H,1,4H2,2H3;2H,4H2,1H3,(H2,5,6)/t12-;8-;9-;;;2-/m000..0/s1. The predicted octanol–water partition coefficient (Wildman–Crippen LogP) is 7.62. The molecular formula is C45H89Br2N7O5. The number of ketones is 1. The third-order valence-corrected chi connectivity index (χ3v) is 11.5. The van der Waals surface area contributed by atoms with Crippen molar-refractivity contribution in [1.29, 1.82) is 0 Å². The first kappa shape index (κ1) is 61.6. The quantitative estimate of drug-likeness (QED) is 0.0488. The molecule has 0 aromatic carbocycles. The molecule has 0 aliphatic carbocycles. The van der Waals surface area contributed by atoms with Gasteiger partial charge in [0.25, 0.3) is 0 Å². The van der Waals surface area contributed by atoms with E-state index in [2.05, 4.69) is 84.0 Å². The van der Waals surface area contributed by atoms with Crippen LogP contribution in [0.25, 0.3) is 0 Å². The number of allylic oxidation sites excluding steroid dienone is 1. The van der Waals surface area contributed by atoms with E-state index in [0.717, 1.165) is 42.8 Å². The maximum absolute atomic E-state index is 11.1. The molecule has 0 spiro atoms. The SMILES string of the molecule is BrCCCCCCBr.C=CC(=O)CC[C@H](C)N1CCCCCC1.C=CC(=O)OCC.C[C@@H](C(N)=O)N1CCCCCC1.C[C@@H](CN)N1CCCCCC1.C[C@H](N)C(N)=O. The fourth-order valence-electron chi connectivity index (χ4n) is 6.26. The molecular weight excluding hydrogens is 878 g/mol. The smallest absolute Gasteiger partial charge is 0.330 e. The number of nitrogens with zero attached hydrogens (tertiary/aromatic N) is 3. The van der Waals surface area contributed by atoms with Crippen LogP contribution in [0.15, 0.2) is 25.3 Å². The van der Waals surface area contributed by atoms with Crippen molar-refractivity contribution in [2.75, 3.05) is 63.1 Å².